The summed E-state index contributed by atoms with van der Waals surface area (Å²) in [6, 6.07) is 13.3. The smallest absolute Gasteiger partial charge is 0.262 e. The Labute approximate surface area is 184 Å². The van der Waals surface area contributed by atoms with Crippen molar-refractivity contribution in [3.05, 3.63) is 71.1 Å². The molecule has 0 radical (unpaired) electrons. The highest BCUT2D eigenvalue weighted by Gasteiger charge is 2.64. The number of carbonyl (C=O) groups excluding carboxylic acids is 1. The number of hydrogen-bond acceptors (Lipinski definition) is 2. The molecule has 1 aromatic heterocycles. The number of amides is 1. The Kier molecular flexibility index (Phi) is 4.97. The van der Waals surface area contributed by atoms with Crippen molar-refractivity contribution in [2.24, 2.45) is 5.41 Å². The lowest BCUT2D eigenvalue weighted by Crippen LogP contribution is -2.61. The molecule has 2 aliphatic carbocycles. The summed E-state index contributed by atoms with van der Waals surface area (Å²) >= 11 is 5.89. The van der Waals surface area contributed by atoms with E-state index in [1.165, 1.54) is 12.1 Å². The highest BCUT2D eigenvalue weighted by molar-refractivity contribution is 6.30. The lowest BCUT2D eigenvalue weighted by Gasteiger charge is -2.56. The van der Waals surface area contributed by atoms with Crippen LogP contribution in [0, 0.1) is 11.2 Å². The second-order valence-corrected chi connectivity index (χ2v) is 9.31. The van der Waals surface area contributed by atoms with Crippen LogP contribution >= 0.6 is 11.6 Å². The van der Waals surface area contributed by atoms with Crippen molar-refractivity contribution in [2.75, 3.05) is 5.32 Å². The molecule has 2 aromatic carbocycles. The van der Waals surface area contributed by atoms with Crippen LogP contribution < -0.4 is 5.32 Å². The molecule has 1 amide bonds. The third-order valence-corrected chi connectivity index (χ3v) is 7.62. The third-order valence-electron chi connectivity index (χ3n) is 7.37. The summed E-state index contributed by atoms with van der Waals surface area (Å²) < 4.78 is 29.8. The number of rotatable bonds is 3. The van der Waals surface area contributed by atoms with E-state index in [0.29, 0.717) is 23.6 Å². The molecule has 2 aliphatic rings. The van der Waals surface area contributed by atoms with E-state index in [0.717, 1.165) is 35.7 Å². The summed E-state index contributed by atoms with van der Waals surface area (Å²) in [6.45, 7) is 0. The topological polar surface area (TPSA) is 42.0 Å². The number of nitrogens with one attached hydrogen (secondary N) is 1. The average molecular weight is 441 g/mol. The molecule has 1 heterocycles. The maximum Gasteiger partial charge on any atom is 0.262 e. The van der Waals surface area contributed by atoms with Crippen LogP contribution in [-0.2, 0) is 4.79 Å². The fourth-order valence-corrected chi connectivity index (χ4v) is 5.57. The molecule has 160 valence electrons. The quantitative estimate of drug-likeness (QED) is 0.486. The Morgan fingerprint density at radius 2 is 1.77 bits per heavy atom. The minimum absolute atomic E-state index is 0.210. The summed E-state index contributed by atoms with van der Waals surface area (Å²) in [6.07, 6.45) is 5.55. The van der Waals surface area contributed by atoms with Gasteiger partial charge in [0.15, 0.2) is 5.67 Å². The number of fused-ring (bicyclic) bond motifs is 1. The van der Waals surface area contributed by atoms with Gasteiger partial charge in [0.25, 0.3) is 5.91 Å². The SMILES string of the molecule is O=C(Nc1ccc(Cl)cc1)[C@@]1(F)CCC12CCC(c1ccnc3ccc(F)cc13)CC2. The van der Waals surface area contributed by atoms with E-state index in [2.05, 4.69) is 10.3 Å². The van der Waals surface area contributed by atoms with E-state index in [4.69, 9.17) is 11.6 Å². The second kappa shape index (κ2) is 7.56. The highest BCUT2D eigenvalue weighted by Crippen LogP contribution is 2.62. The molecule has 1 atom stereocenters. The summed E-state index contributed by atoms with van der Waals surface area (Å²) in [5.74, 6) is -0.632. The van der Waals surface area contributed by atoms with E-state index in [9.17, 15) is 9.18 Å². The van der Waals surface area contributed by atoms with Crippen LogP contribution in [0.25, 0.3) is 10.9 Å². The van der Waals surface area contributed by atoms with Crippen molar-refractivity contribution in [3.8, 4) is 0 Å². The van der Waals surface area contributed by atoms with Crippen LogP contribution in [0.4, 0.5) is 14.5 Å². The molecule has 2 saturated carbocycles. The summed E-state index contributed by atoms with van der Waals surface area (Å²) in [4.78, 5) is 17.2. The van der Waals surface area contributed by atoms with Gasteiger partial charge in [-0.05, 0) is 98.5 Å². The van der Waals surface area contributed by atoms with Gasteiger partial charge in [-0.3, -0.25) is 9.78 Å². The normalized spacial score (nSPS) is 27.8. The lowest BCUT2D eigenvalue weighted by atomic mass is 9.50. The molecule has 0 unspecified atom stereocenters. The first-order valence-electron chi connectivity index (χ1n) is 10.7. The largest absolute Gasteiger partial charge is 0.323 e. The third kappa shape index (κ3) is 3.39. The van der Waals surface area contributed by atoms with Crippen molar-refractivity contribution in [3.63, 3.8) is 0 Å². The maximum absolute atomic E-state index is 15.9. The number of alkyl halides is 1. The standard InChI is InChI=1S/C25H23ClF2N2O/c26-17-1-4-19(5-2-17)30-23(31)25(28)13-12-24(25)10-7-16(8-11-24)20-9-14-29-22-6-3-18(27)15-21(20)22/h1-6,9,14-16H,7-8,10-13H2,(H,30,31)/t16?,24?,25-/m0/s1. The minimum atomic E-state index is -1.86. The molecule has 1 spiro atoms. The van der Waals surface area contributed by atoms with E-state index in [1.54, 1.807) is 36.5 Å². The molecule has 6 heteroatoms. The van der Waals surface area contributed by atoms with Gasteiger partial charge in [0.2, 0.25) is 0 Å². The molecular weight excluding hydrogens is 418 g/mol. The van der Waals surface area contributed by atoms with Crippen LogP contribution in [0.5, 0.6) is 0 Å². The maximum atomic E-state index is 15.9. The zero-order valence-electron chi connectivity index (χ0n) is 17.0. The van der Waals surface area contributed by atoms with E-state index >= 15 is 4.39 Å². The van der Waals surface area contributed by atoms with Crippen LogP contribution in [-0.4, -0.2) is 16.6 Å². The number of benzene rings is 2. The predicted molar refractivity (Wildman–Crippen MR) is 118 cm³/mol. The number of anilines is 1. The molecule has 3 nitrogen and oxygen atoms in total. The van der Waals surface area contributed by atoms with Gasteiger partial charge in [-0.15, -0.1) is 0 Å². The van der Waals surface area contributed by atoms with E-state index in [-0.39, 0.29) is 18.2 Å². The average Bonchev–Trinajstić information content (AvgIpc) is 2.79. The highest BCUT2D eigenvalue weighted by atomic mass is 35.5. The van der Waals surface area contributed by atoms with Gasteiger partial charge in [0.05, 0.1) is 5.52 Å². The van der Waals surface area contributed by atoms with Crippen molar-refractivity contribution in [1.29, 1.82) is 0 Å². The Morgan fingerprint density at radius 3 is 2.45 bits per heavy atom. The number of halogens is 3. The first kappa shape index (κ1) is 20.4. The molecule has 3 aromatic rings. The first-order chi connectivity index (χ1) is 14.9. The second-order valence-electron chi connectivity index (χ2n) is 8.88. The zero-order chi connectivity index (χ0) is 21.6. The van der Waals surface area contributed by atoms with Crippen LogP contribution in [0.2, 0.25) is 5.02 Å². The summed E-state index contributed by atoms with van der Waals surface area (Å²) in [5.41, 5.74) is -0.0933. The molecule has 1 N–H and O–H groups in total. The fraction of sp³-hybridized carbons (Fsp3) is 0.360. The van der Waals surface area contributed by atoms with Crippen molar-refractivity contribution in [1.82, 2.24) is 4.98 Å². The fourth-order valence-electron chi connectivity index (χ4n) is 5.44. The van der Waals surface area contributed by atoms with Gasteiger partial charge in [0, 0.05) is 27.7 Å². The van der Waals surface area contributed by atoms with Gasteiger partial charge in [-0.1, -0.05) is 11.6 Å². The molecule has 0 saturated heterocycles. The number of pyridine rings is 1. The number of hydrogen-bond donors (Lipinski definition) is 1. The molecular formula is C25H23ClF2N2O. The number of aromatic nitrogens is 1. The van der Waals surface area contributed by atoms with Crippen LogP contribution in [0.1, 0.15) is 50.0 Å². The molecule has 31 heavy (non-hydrogen) atoms. The Hall–Kier alpha value is -2.53. The van der Waals surface area contributed by atoms with Crippen molar-refractivity contribution >= 4 is 34.1 Å². The monoisotopic (exact) mass is 440 g/mol. The van der Waals surface area contributed by atoms with Gasteiger partial charge < -0.3 is 5.32 Å². The van der Waals surface area contributed by atoms with E-state index in [1.807, 2.05) is 6.07 Å². The van der Waals surface area contributed by atoms with Crippen LogP contribution in [0.3, 0.4) is 0 Å². The molecule has 0 bridgehead atoms. The predicted octanol–water partition coefficient (Wildman–Crippen LogP) is 6.81. The van der Waals surface area contributed by atoms with Gasteiger partial charge in [0.1, 0.15) is 5.82 Å². The van der Waals surface area contributed by atoms with Gasteiger partial charge >= 0.3 is 0 Å². The molecule has 5 rings (SSSR count). The minimum Gasteiger partial charge on any atom is -0.323 e. The van der Waals surface area contributed by atoms with E-state index < -0.39 is 17.0 Å². The Bertz CT molecular complexity index is 1140. The molecule has 0 aliphatic heterocycles. The number of nitrogens with zero attached hydrogens (tertiary/aromatic N) is 1. The summed E-state index contributed by atoms with van der Waals surface area (Å²) in [7, 11) is 0. The summed E-state index contributed by atoms with van der Waals surface area (Å²) in [5, 5.41) is 4.12. The Morgan fingerprint density at radius 1 is 1.03 bits per heavy atom. The number of carbonyl (C=O) groups is 1. The van der Waals surface area contributed by atoms with Gasteiger partial charge in [-0.25, -0.2) is 8.78 Å². The first-order valence-corrected chi connectivity index (χ1v) is 11.1. The molecule has 2 fully saturated rings. The van der Waals surface area contributed by atoms with Crippen molar-refractivity contribution < 1.29 is 13.6 Å². The van der Waals surface area contributed by atoms with Crippen molar-refractivity contribution in [2.45, 2.75) is 50.1 Å². The lowest BCUT2D eigenvalue weighted by molar-refractivity contribution is -0.163. The zero-order valence-corrected chi connectivity index (χ0v) is 17.8. The van der Waals surface area contributed by atoms with Crippen LogP contribution in [0.15, 0.2) is 54.7 Å². The van der Waals surface area contributed by atoms with Gasteiger partial charge in [-0.2, -0.15) is 0 Å². The Balaban J connectivity index is 1.33.